The van der Waals surface area contributed by atoms with Crippen LogP contribution in [0.3, 0.4) is 0 Å². The lowest BCUT2D eigenvalue weighted by atomic mass is 9.85. The monoisotopic (exact) mass is 489 g/mol. The van der Waals surface area contributed by atoms with Gasteiger partial charge in [-0.2, -0.15) is 15.6 Å². The van der Waals surface area contributed by atoms with E-state index in [1.54, 1.807) is 18.5 Å². The first kappa shape index (κ1) is 21.5. The summed E-state index contributed by atoms with van der Waals surface area (Å²) in [5.74, 6) is 7.05. The van der Waals surface area contributed by atoms with Crippen molar-refractivity contribution in [3.8, 4) is 11.8 Å². The molecular formula is C21H20ClN5O3S2. The summed E-state index contributed by atoms with van der Waals surface area (Å²) in [6, 6.07) is 5.72. The molecule has 1 spiro atoms. The van der Waals surface area contributed by atoms with Crippen molar-refractivity contribution in [1.82, 2.24) is 15.0 Å². The van der Waals surface area contributed by atoms with Crippen LogP contribution in [0.5, 0.6) is 0 Å². The summed E-state index contributed by atoms with van der Waals surface area (Å²) < 4.78 is 20.3. The molecular weight excluding hydrogens is 470 g/mol. The van der Waals surface area contributed by atoms with Gasteiger partial charge in [0.15, 0.2) is 11.4 Å². The molecule has 0 bridgehead atoms. The first-order valence-corrected chi connectivity index (χ1v) is 12.8. The molecule has 1 aromatic carbocycles. The van der Waals surface area contributed by atoms with Crippen molar-refractivity contribution in [2.45, 2.75) is 17.9 Å². The van der Waals surface area contributed by atoms with Gasteiger partial charge in [0.2, 0.25) is 5.95 Å². The molecule has 5 N–H and O–H groups in total. The maximum absolute atomic E-state index is 10.7. The van der Waals surface area contributed by atoms with Gasteiger partial charge in [0, 0.05) is 29.4 Å². The summed E-state index contributed by atoms with van der Waals surface area (Å²) in [6.45, 7) is 2.10. The van der Waals surface area contributed by atoms with Crippen LogP contribution in [-0.2, 0) is 11.0 Å². The quantitative estimate of drug-likeness (QED) is 0.402. The molecule has 0 amide bonds. The van der Waals surface area contributed by atoms with E-state index in [4.69, 9.17) is 17.3 Å². The fourth-order valence-electron chi connectivity index (χ4n) is 4.30. The van der Waals surface area contributed by atoms with Crippen LogP contribution in [0.4, 0.5) is 17.5 Å². The maximum Gasteiger partial charge on any atom is 0.222 e. The van der Waals surface area contributed by atoms with Crippen molar-refractivity contribution in [2.24, 2.45) is 0 Å². The molecule has 0 aliphatic carbocycles. The van der Waals surface area contributed by atoms with E-state index in [1.165, 1.54) is 17.5 Å². The van der Waals surface area contributed by atoms with E-state index in [0.717, 1.165) is 11.3 Å². The van der Waals surface area contributed by atoms with Crippen LogP contribution in [0.1, 0.15) is 23.1 Å². The van der Waals surface area contributed by atoms with Gasteiger partial charge in [-0.25, -0.2) is 9.97 Å². The normalized spacial score (nSPS) is 20.6. The van der Waals surface area contributed by atoms with Crippen LogP contribution < -0.4 is 10.6 Å². The number of benzene rings is 1. The molecule has 3 aromatic rings. The van der Waals surface area contributed by atoms with Crippen molar-refractivity contribution in [3.63, 3.8) is 0 Å². The van der Waals surface area contributed by atoms with E-state index >= 15 is 0 Å². The number of anilines is 3. The predicted molar refractivity (Wildman–Crippen MR) is 128 cm³/mol. The molecule has 0 unspecified atom stereocenters. The standard InChI is InChI=1S/C21H20ClN5O3S2/c1-20(28,18-24-6-7-31-18)5-4-13-2-3-14-16(8-13)27(10-21(14)11-32(29,30)12-21)17-15(22)9-25-19(23)26-17/h2-3,6-9,28-30H,10-12H2,1H3,(H2,23,25,26)/t20-/m1/s1. The first-order chi connectivity index (χ1) is 15.1. The molecule has 2 aliphatic rings. The lowest BCUT2D eigenvalue weighted by Crippen LogP contribution is -2.51. The third-order valence-corrected chi connectivity index (χ3v) is 8.91. The summed E-state index contributed by atoms with van der Waals surface area (Å²) in [7, 11) is -2.59. The van der Waals surface area contributed by atoms with Gasteiger partial charge in [-0.3, -0.25) is 9.11 Å². The Hall–Kier alpha value is -2.39. The summed E-state index contributed by atoms with van der Waals surface area (Å²) in [5, 5.41) is 13.3. The number of thiazole rings is 1. The predicted octanol–water partition coefficient (Wildman–Crippen LogP) is 3.58. The van der Waals surface area contributed by atoms with Gasteiger partial charge in [0.25, 0.3) is 0 Å². The number of hydrogen-bond acceptors (Lipinski definition) is 9. The van der Waals surface area contributed by atoms with Crippen LogP contribution in [0.15, 0.2) is 36.0 Å². The zero-order chi connectivity index (χ0) is 22.7. The van der Waals surface area contributed by atoms with Crippen molar-refractivity contribution in [1.29, 1.82) is 0 Å². The lowest BCUT2D eigenvalue weighted by Gasteiger charge is -2.54. The minimum absolute atomic E-state index is 0.0974. The van der Waals surface area contributed by atoms with E-state index < -0.39 is 21.6 Å². The Labute approximate surface area is 195 Å². The molecule has 0 saturated carbocycles. The van der Waals surface area contributed by atoms with E-state index in [0.29, 0.717) is 28.0 Å². The highest BCUT2D eigenvalue weighted by Gasteiger charge is 2.55. The number of nitrogens with zero attached hydrogens (tertiary/aromatic N) is 4. The average molecular weight is 490 g/mol. The number of rotatable bonds is 2. The molecule has 8 nitrogen and oxygen atoms in total. The molecule has 0 radical (unpaired) electrons. The second-order valence-electron chi connectivity index (χ2n) is 8.25. The van der Waals surface area contributed by atoms with E-state index in [1.807, 2.05) is 23.1 Å². The van der Waals surface area contributed by atoms with Gasteiger partial charge in [0.1, 0.15) is 10.0 Å². The number of nitrogen functional groups attached to an aromatic ring is 1. The van der Waals surface area contributed by atoms with Gasteiger partial charge < -0.3 is 15.7 Å². The molecule has 1 saturated heterocycles. The number of aliphatic hydroxyl groups is 1. The fraction of sp³-hybridized carbons (Fsp3) is 0.286. The molecule has 1 atom stereocenters. The highest BCUT2D eigenvalue weighted by atomic mass is 35.5. The van der Waals surface area contributed by atoms with Crippen LogP contribution in [0.25, 0.3) is 0 Å². The second-order valence-corrected chi connectivity index (χ2v) is 11.7. The summed E-state index contributed by atoms with van der Waals surface area (Å²) in [5.41, 5.74) is 6.51. The Morgan fingerprint density at radius 1 is 1.31 bits per heavy atom. The van der Waals surface area contributed by atoms with Crippen molar-refractivity contribution < 1.29 is 14.2 Å². The third-order valence-electron chi connectivity index (χ3n) is 5.63. The summed E-state index contributed by atoms with van der Waals surface area (Å²) >= 11 is 7.73. The van der Waals surface area contributed by atoms with Crippen LogP contribution in [0.2, 0.25) is 5.02 Å². The number of halogens is 1. The average Bonchev–Trinajstić information content (AvgIpc) is 3.35. The number of nitrogens with two attached hydrogens (primary N) is 1. The Balaban J connectivity index is 1.57. The highest BCUT2D eigenvalue weighted by Crippen LogP contribution is 2.64. The molecule has 2 aromatic heterocycles. The highest BCUT2D eigenvalue weighted by molar-refractivity contribution is 8.25. The Morgan fingerprint density at radius 2 is 2.09 bits per heavy atom. The van der Waals surface area contributed by atoms with Crippen LogP contribution in [0, 0.1) is 11.8 Å². The Kier molecular flexibility index (Phi) is 4.90. The molecule has 32 heavy (non-hydrogen) atoms. The SMILES string of the molecule is C[C@@](O)(C#Cc1ccc2c(c1)N(c1nc(N)ncc1Cl)CC21CS(O)(O)C1)c1nccs1. The molecule has 166 valence electrons. The minimum atomic E-state index is -2.59. The van der Waals surface area contributed by atoms with E-state index in [9.17, 15) is 14.2 Å². The topological polar surface area (TPSA) is 129 Å². The van der Waals surface area contributed by atoms with Crippen LogP contribution >= 0.6 is 33.5 Å². The van der Waals surface area contributed by atoms with Gasteiger partial charge in [-0.15, -0.1) is 11.3 Å². The lowest BCUT2D eigenvalue weighted by molar-refractivity contribution is 0.122. The fourth-order valence-corrected chi connectivity index (χ4v) is 7.33. The van der Waals surface area contributed by atoms with Crippen LogP contribution in [-0.4, -0.2) is 47.2 Å². The smallest absolute Gasteiger partial charge is 0.222 e. The zero-order valence-electron chi connectivity index (χ0n) is 17.0. The molecule has 11 heteroatoms. The van der Waals surface area contributed by atoms with E-state index in [2.05, 4.69) is 26.8 Å². The van der Waals surface area contributed by atoms with Crippen molar-refractivity contribution in [2.75, 3.05) is 28.7 Å². The Morgan fingerprint density at radius 3 is 2.78 bits per heavy atom. The third kappa shape index (κ3) is 3.61. The number of fused-ring (bicyclic) bond motifs is 2. The number of aromatic nitrogens is 3. The minimum Gasteiger partial charge on any atom is -0.371 e. The molecule has 4 heterocycles. The summed E-state index contributed by atoms with van der Waals surface area (Å²) in [6.07, 6.45) is 3.08. The maximum atomic E-state index is 10.7. The number of hydrogen-bond donors (Lipinski definition) is 4. The molecule has 1 fully saturated rings. The summed E-state index contributed by atoms with van der Waals surface area (Å²) in [4.78, 5) is 14.3. The van der Waals surface area contributed by atoms with Crippen molar-refractivity contribution >= 4 is 51.0 Å². The Bertz CT molecular complexity index is 1260. The van der Waals surface area contributed by atoms with Crippen molar-refractivity contribution in [3.05, 3.63) is 57.1 Å². The largest absolute Gasteiger partial charge is 0.371 e. The van der Waals surface area contributed by atoms with Gasteiger partial charge in [-0.1, -0.05) is 29.5 Å². The second kappa shape index (κ2) is 7.31. The molecule has 2 aliphatic heterocycles. The first-order valence-electron chi connectivity index (χ1n) is 9.68. The van der Waals surface area contributed by atoms with Gasteiger partial charge in [0.05, 0.1) is 23.1 Å². The van der Waals surface area contributed by atoms with Gasteiger partial charge in [-0.05, 0) is 24.6 Å². The molecule has 5 rings (SSSR count). The van der Waals surface area contributed by atoms with E-state index in [-0.39, 0.29) is 17.5 Å². The zero-order valence-corrected chi connectivity index (χ0v) is 19.4. The van der Waals surface area contributed by atoms with Gasteiger partial charge >= 0.3 is 0 Å².